The van der Waals surface area contributed by atoms with Gasteiger partial charge in [-0.15, -0.1) is 11.3 Å². The molecule has 1 aliphatic carbocycles. The third-order valence-electron chi connectivity index (χ3n) is 6.77. The van der Waals surface area contributed by atoms with E-state index < -0.39 is 0 Å². The fourth-order valence-electron chi connectivity index (χ4n) is 5.05. The lowest BCUT2D eigenvalue weighted by Crippen LogP contribution is -2.55. The van der Waals surface area contributed by atoms with Crippen LogP contribution in [0, 0.1) is 12.3 Å². The van der Waals surface area contributed by atoms with Gasteiger partial charge in [0, 0.05) is 30.9 Å². The molecule has 1 aromatic heterocycles. The number of aryl methyl sites for hydroxylation is 1. The van der Waals surface area contributed by atoms with Crippen molar-refractivity contribution >= 4 is 17.2 Å². The Kier molecular flexibility index (Phi) is 5.35. The Morgan fingerprint density at radius 1 is 1.23 bits per heavy atom. The molecule has 5 nitrogen and oxygen atoms in total. The summed E-state index contributed by atoms with van der Waals surface area (Å²) in [5, 5.41) is 13.1. The number of carbonyl (C=O) groups is 1. The Labute approximate surface area is 160 Å². The number of aliphatic hydroxyl groups is 1. The molecule has 3 aliphatic rings. The van der Waals surface area contributed by atoms with Crippen LogP contribution in [0.25, 0.3) is 0 Å². The van der Waals surface area contributed by atoms with E-state index >= 15 is 0 Å². The van der Waals surface area contributed by atoms with Crippen LogP contribution >= 0.6 is 11.3 Å². The van der Waals surface area contributed by atoms with Crippen molar-refractivity contribution in [2.24, 2.45) is 5.41 Å². The topological polar surface area (TPSA) is 56.7 Å². The van der Waals surface area contributed by atoms with E-state index in [9.17, 15) is 9.90 Å². The summed E-state index contributed by atoms with van der Waals surface area (Å²) in [6.07, 6.45) is 7.63. The molecule has 6 heteroatoms. The van der Waals surface area contributed by atoms with Crippen LogP contribution < -0.4 is 0 Å². The summed E-state index contributed by atoms with van der Waals surface area (Å²) in [7, 11) is 0. The Hall–Kier alpha value is -0.980. The van der Waals surface area contributed by atoms with Crippen LogP contribution in [-0.4, -0.2) is 57.6 Å². The number of thiazole rings is 1. The normalized spacial score (nSPS) is 30.1. The van der Waals surface area contributed by atoms with Crippen molar-refractivity contribution in [3.05, 3.63) is 16.1 Å². The maximum absolute atomic E-state index is 12.6. The fraction of sp³-hybridized carbons (Fsp3) is 0.800. The average molecular weight is 378 g/mol. The molecule has 0 aromatic carbocycles. The van der Waals surface area contributed by atoms with Crippen LogP contribution in [0.3, 0.4) is 0 Å². The van der Waals surface area contributed by atoms with Gasteiger partial charge in [-0.2, -0.15) is 0 Å². The van der Waals surface area contributed by atoms with Crippen molar-refractivity contribution in [2.45, 2.75) is 77.0 Å². The quantitative estimate of drug-likeness (QED) is 0.880. The van der Waals surface area contributed by atoms with Crippen molar-refractivity contribution in [1.29, 1.82) is 0 Å². The number of nitrogens with zero attached hydrogens (tertiary/aromatic N) is 3. The minimum absolute atomic E-state index is 0.155. The molecule has 0 radical (unpaired) electrons. The van der Waals surface area contributed by atoms with Crippen molar-refractivity contribution < 1.29 is 9.90 Å². The predicted molar refractivity (Wildman–Crippen MR) is 103 cm³/mol. The van der Waals surface area contributed by atoms with E-state index in [-0.39, 0.29) is 6.10 Å². The molecule has 3 fully saturated rings. The molecule has 4 rings (SSSR count). The summed E-state index contributed by atoms with van der Waals surface area (Å²) in [4.78, 5) is 21.9. The second-order valence-electron chi connectivity index (χ2n) is 8.62. The summed E-state index contributed by atoms with van der Waals surface area (Å²) in [6.45, 7) is 6.20. The second kappa shape index (κ2) is 7.56. The molecule has 0 atom stereocenters. The summed E-state index contributed by atoms with van der Waals surface area (Å²) in [5.74, 6) is 0.345. The largest absolute Gasteiger partial charge is 0.393 e. The van der Waals surface area contributed by atoms with Gasteiger partial charge in [0.1, 0.15) is 0 Å². The number of aliphatic hydroxyl groups excluding tert-OH is 1. The number of aromatic nitrogens is 1. The Morgan fingerprint density at radius 3 is 2.62 bits per heavy atom. The number of likely N-dealkylation sites (tertiary alicyclic amines) is 2. The molecular formula is C20H31N3O2S. The lowest BCUT2D eigenvalue weighted by atomic mass is 9.71. The van der Waals surface area contributed by atoms with Gasteiger partial charge in [-0.05, 0) is 70.4 Å². The molecule has 0 unspecified atom stereocenters. The van der Waals surface area contributed by atoms with E-state index in [2.05, 4.69) is 27.1 Å². The molecule has 26 heavy (non-hydrogen) atoms. The highest BCUT2D eigenvalue weighted by molar-refractivity contribution is 7.09. The fourth-order valence-corrected chi connectivity index (χ4v) is 5.65. The average Bonchev–Trinajstić information content (AvgIpc) is 3.05. The van der Waals surface area contributed by atoms with Crippen LogP contribution in [-0.2, 0) is 11.3 Å². The highest BCUT2D eigenvalue weighted by Gasteiger charge is 2.43. The highest BCUT2D eigenvalue weighted by atomic mass is 32.1. The second-order valence-corrected chi connectivity index (χ2v) is 9.68. The van der Waals surface area contributed by atoms with Gasteiger partial charge < -0.3 is 10.0 Å². The molecule has 0 bridgehead atoms. The summed E-state index contributed by atoms with van der Waals surface area (Å²) < 4.78 is 0. The van der Waals surface area contributed by atoms with Crippen LogP contribution in [0.2, 0.25) is 0 Å². The molecular weight excluding hydrogens is 346 g/mol. The number of rotatable bonds is 3. The van der Waals surface area contributed by atoms with E-state index in [1.807, 2.05) is 0 Å². The van der Waals surface area contributed by atoms with Crippen LogP contribution in [0.4, 0.5) is 0 Å². The van der Waals surface area contributed by atoms with E-state index in [0.717, 1.165) is 63.3 Å². The van der Waals surface area contributed by atoms with E-state index in [0.29, 0.717) is 23.8 Å². The molecule has 2 aliphatic heterocycles. The van der Waals surface area contributed by atoms with Crippen LogP contribution in [0.5, 0.6) is 0 Å². The van der Waals surface area contributed by atoms with E-state index in [1.54, 1.807) is 11.3 Å². The van der Waals surface area contributed by atoms with Crippen LogP contribution in [0.1, 0.15) is 62.1 Å². The van der Waals surface area contributed by atoms with E-state index in [4.69, 9.17) is 0 Å². The first-order valence-corrected chi connectivity index (χ1v) is 11.0. The number of piperidine rings is 2. The van der Waals surface area contributed by atoms with Gasteiger partial charge in [0.2, 0.25) is 5.91 Å². The van der Waals surface area contributed by atoms with Crippen molar-refractivity contribution in [3.63, 3.8) is 0 Å². The monoisotopic (exact) mass is 377 g/mol. The first-order chi connectivity index (χ1) is 12.5. The lowest BCUT2D eigenvalue weighted by Gasteiger charge is -2.50. The zero-order valence-electron chi connectivity index (χ0n) is 15.8. The van der Waals surface area contributed by atoms with E-state index in [1.165, 1.54) is 18.5 Å². The van der Waals surface area contributed by atoms with Gasteiger partial charge in [-0.3, -0.25) is 9.69 Å². The number of amides is 1. The van der Waals surface area contributed by atoms with Gasteiger partial charge in [0.25, 0.3) is 0 Å². The molecule has 1 N–H and O–H groups in total. The van der Waals surface area contributed by atoms with Gasteiger partial charge in [0.15, 0.2) is 0 Å². The molecule has 3 heterocycles. The Bertz CT molecular complexity index is 631. The van der Waals surface area contributed by atoms with Gasteiger partial charge in [-0.25, -0.2) is 4.98 Å². The van der Waals surface area contributed by atoms with Crippen LogP contribution in [0.15, 0.2) is 5.38 Å². The Balaban J connectivity index is 1.34. The molecule has 144 valence electrons. The maximum Gasteiger partial charge on any atom is 0.222 e. The molecule has 1 spiro atoms. The van der Waals surface area contributed by atoms with Crippen molar-refractivity contribution in [2.75, 3.05) is 19.6 Å². The SMILES string of the molecule is Cc1nc(CN2CCC3(CCC(=O)N(C4CCC(O)CC4)C3)CC2)cs1. The number of hydrogen-bond donors (Lipinski definition) is 1. The minimum atomic E-state index is -0.155. The van der Waals surface area contributed by atoms with Gasteiger partial charge in [0.05, 0.1) is 16.8 Å². The number of hydrogen-bond acceptors (Lipinski definition) is 5. The first-order valence-electron chi connectivity index (χ1n) is 10.1. The maximum atomic E-state index is 12.6. The lowest BCUT2D eigenvalue weighted by molar-refractivity contribution is -0.143. The Morgan fingerprint density at radius 2 is 1.96 bits per heavy atom. The van der Waals surface area contributed by atoms with Crippen molar-refractivity contribution in [3.8, 4) is 0 Å². The smallest absolute Gasteiger partial charge is 0.222 e. The molecule has 1 amide bonds. The summed E-state index contributed by atoms with van der Waals surface area (Å²) >= 11 is 1.73. The third-order valence-corrected chi connectivity index (χ3v) is 7.59. The zero-order chi connectivity index (χ0) is 18.1. The number of carbonyl (C=O) groups excluding carboxylic acids is 1. The van der Waals surface area contributed by atoms with Gasteiger partial charge >= 0.3 is 0 Å². The third kappa shape index (κ3) is 3.97. The first kappa shape index (κ1) is 18.4. The standard InChI is InChI=1S/C20H31N3O2S/c1-15-21-16(13-26-15)12-22-10-8-20(9-11-22)7-6-19(25)23(14-20)17-2-4-18(24)5-3-17/h13,17-18,24H,2-12,14H2,1H3. The molecule has 1 saturated carbocycles. The highest BCUT2D eigenvalue weighted by Crippen LogP contribution is 2.42. The predicted octanol–water partition coefficient (Wildman–Crippen LogP) is 2.96. The minimum Gasteiger partial charge on any atom is -0.393 e. The van der Waals surface area contributed by atoms with Crippen molar-refractivity contribution in [1.82, 2.24) is 14.8 Å². The summed E-state index contributed by atoms with van der Waals surface area (Å²) in [6, 6.07) is 0.360. The van der Waals surface area contributed by atoms with Gasteiger partial charge in [-0.1, -0.05) is 0 Å². The molecule has 2 saturated heterocycles. The zero-order valence-corrected chi connectivity index (χ0v) is 16.6. The summed E-state index contributed by atoms with van der Waals surface area (Å²) in [5.41, 5.74) is 1.52. The molecule has 1 aromatic rings.